The fourth-order valence-electron chi connectivity index (χ4n) is 3.97. The van der Waals surface area contributed by atoms with Gasteiger partial charge in [0.2, 0.25) is 0 Å². The number of hydrogen-bond acceptors (Lipinski definition) is 3. The molecule has 1 aliphatic heterocycles. The third-order valence-electron chi connectivity index (χ3n) is 5.38. The molecule has 1 N–H and O–H groups in total. The number of rotatable bonds is 4. The van der Waals surface area contributed by atoms with E-state index in [4.69, 9.17) is 9.84 Å². The first-order chi connectivity index (χ1) is 14.2. The predicted octanol–water partition coefficient (Wildman–Crippen LogP) is 5.72. The topological polar surface area (TPSA) is 39.1 Å². The zero-order valence-corrected chi connectivity index (χ0v) is 16.6. The monoisotopic (exact) mass is 381 g/mol. The van der Waals surface area contributed by atoms with Gasteiger partial charge in [-0.15, -0.1) is 0 Å². The molecule has 29 heavy (non-hydrogen) atoms. The Labute approximate surface area is 170 Å². The smallest absolute Gasteiger partial charge is 0.150 e. The minimum Gasteiger partial charge on any atom is -0.488 e. The molecule has 0 aliphatic carbocycles. The van der Waals surface area contributed by atoms with Crippen molar-refractivity contribution in [2.75, 3.05) is 5.32 Å². The lowest BCUT2D eigenvalue weighted by Gasteiger charge is -2.31. The highest BCUT2D eigenvalue weighted by Gasteiger charge is 2.29. The Morgan fingerprint density at radius 1 is 0.931 bits per heavy atom. The van der Waals surface area contributed by atoms with Crippen molar-refractivity contribution in [2.24, 2.45) is 0 Å². The summed E-state index contributed by atoms with van der Waals surface area (Å²) in [5, 5.41) is 8.51. The quantitative estimate of drug-likeness (QED) is 0.491. The van der Waals surface area contributed by atoms with Crippen LogP contribution in [0.4, 0.5) is 5.69 Å². The van der Waals surface area contributed by atoms with Crippen LogP contribution in [0, 0.1) is 13.8 Å². The summed E-state index contributed by atoms with van der Waals surface area (Å²) in [5.74, 6) is 0.866. The van der Waals surface area contributed by atoms with E-state index in [1.54, 1.807) is 0 Å². The normalized spacial score (nSPS) is 14.6. The number of hydrogen-bond donors (Lipinski definition) is 1. The Morgan fingerprint density at radius 2 is 1.72 bits per heavy atom. The fraction of sp³-hybridized carbons (Fsp3) is 0.160. The summed E-state index contributed by atoms with van der Waals surface area (Å²) in [5.41, 5.74) is 7.91. The molecule has 3 aromatic carbocycles. The van der Waals surface area contributed by atoms with Crippen molar-refractivity contribution in [2.45, 2.75) is 26.6 Å². The molecule has 1 unspecified atom stereocenters. The maximum atomic E-state index is 6.24. The van der Waals surface area contributed by atoms with Crippen LogP contribution in [0.3, 0.4) is 0 Å². The molecule has 1 atom stereocenters. The molecule has 0 spiro atoms. The second kappa shape index (κ2) is 7.13. The summed E-state index contributed by atoms with van der Waals surface area (Å²) >= 11 is 0. The molecule has 0 bridgehead atoms. The first kappa shape index (κ1) is 17.6. The standard InChI is InChI=1S/C25H23N3O/c1-17-9-8-13-20-22-15-18(2)27-28(22)25(26-24(17)20)21-12-6-7-14-23(21)29-16-19-10-4-3-5-11-19/h3-15,25-26H,16H2,1-2H3. The van der Waals surface area contributed by atoms with Crippen LogP contribution in [0.1, 0.15) is 28.6 Å². The SMILES string of the molecule is Cc1cc2n(n1)C(c1ccccc1OCc1ccccc1)Nc1c(C)cccc1-2. The van der Waals surface area contributed by atoms with Crippen molar-refractivity contribution in [1.29, 1.82) is 0 Å². The molecule has 4 heteroatoms. The molecule has 5 rings (SSSR count). The summed E-state index contributed by atoms with van der Waals surface area (Å²) in [6.45, 7) is 4.71. The molecule has 0 saturated carbocycles. The maximum Gasteiger partial charge on any atom is 0.150 e. The predicted molar refractivity (Wildman–Crippen MR) is 116 cm³/mol. The number of anilines is 1. The van der Waals surface area contributed by atoms with Gasteiger partial charge in [0.15, 0.2) is 6.17 Å². The molecular formula is C25H23N3O. The number of ether oxygens (including phenoxy) is 1. The van der Waals surface area contributed by atoms with Gasteiger partial charge in [-0.1, -0.05) is 66.7 Å². The lowest BCUT2D eigenvalue weighted by atomic mass is 10.0. The van der Waals surface area contributed by atoms with Crippen LogP contribution in [0.25, 0.3) is 11.3 Å². The molecule has 1 aliphatic rings. The van der Waals surface area contributed by atoms with Gasteiger partial charge in [-0.3, -0.25) is 0 Å². The first-order valence-corrected chi connectivity index (χ1v) is 9.89. The Balaban J connectivity index is 1.56. The number of nitrogens with one attached hydrogen (secondary N) is 1. The van der Waals surface area contributed by atoms with Gasteiger partial charge >= 0.3 is 0 Å². The van der Waals surface area contributed by atoms with Crippen molar-refractivity contribution < 1.29 is 4.74 Å². The third-order valence-corrected chi connectivity index (χ3v) is 5.38. The minimum atomic E-state index is -0.126. The van der Waals surface area contributed by atoms with E-state index in [0.29, 0.717) is 6.61 Å². The highest BCUT2D eigenvalue weighted by atomic mass is 16.5. The molecule has 4 nitrogen and oxygen atoms in total. The van der Waals surface area contributed by atoms with Gasteiger partial charge in [-0.05, 0) is 37.1 Å². The highest BCUT2D eigenvalue weighted by molar-refractivity contribution is 5.81. The molecule has 0 amide bonds. The van der Waals surface area contributed by atoms with E-state index in [2.05, 4.69) is 65.5 Å². The molecular weight excluding hydrogens is 358 g/mol. The Hall–Kier alpha value is -3.53. The van der Waals surface area contributed by atoms with E-state index in [0.717, 1.165) is 34.0 Å². The summed E-state index contributed by atoms with van der Waals surface area (Å²) < 4.78 is 8.31. The molecule has 1 aromatic heterocycles. The Bertz CT molecular complexity index is 1160. The zero-order chi connectivity index (χ0) is 19.8. The van der Waals surface area contributed by atoms with Gasteiger partial charge in [0, 0.05) is 16.8 Å². The van der Waals surface area contributed by atoms with Crippen molar-refractivity contribution in [1.82, 2.24) is 9.78 Å². The van der Waals surface area contributed by atoms with Gasteiger partial charge in [0.05, 0.1) is 11.4 Å². The van der Waals surface area contributed by atoms with Crippen LogP contribution in [0.2, 0.25) is 0 Å². The third kappa shape index (κ3) is 3.17. The molecule has 144 valence electrons. The van der Waals surface area contributed by atoms with E-state index in [9.17, 15) is 0 Å². The number of benzene rings is 3. The molecule has 0 saturated heterocycles. The second-order valence-corrected chi connectivity index (χ2v) is 7.47. The van der Waals surface area contributed by atoms with E-state index in [1.807, 2.05) is 37.3 Å². The van der Waals surface area contributed by atoms with Crippen LogP contribution in [-0.4, -0.2) is 9.78 Å². The summed E-state index contributed by atoms with van der Waals surface area (Å²) in [7, 11) is 0. The van der Waals surface area contributed by atoms with E-state index < -0.39 is 0 Å². The van der Waals surface area contributed by atoms with Crippen LogP contribution < -0.4 is 10.1 Å². The average Bonchev–Trinajstić information content (AvgIpc) is 3.15. The molecule has 4 aromatic rings. The van der Waals surface area contributed by atoms with Crippen LogP contribution in [0.5, 0.6) is 5.75 Å². The lowest BCUT2D eigenvalue weighted by molar-refractivity contribution is 0.299. The van der Waals surface area contributed by atoms with Crippen LogP contribution >= 0.6 is 0 Å². The van der Waals surface area contributed by atoms with Gasteiger partial charge in [-0.2, -0.15) is 5.10 Å². The number of fused-ring (bicyclic) bond motifs is 3. The highest BCUT2D eigenvalue weighted by Crippen LogP contribution is 2.42. The van der Waals surface area contributed by atoms with Gasteiger partial charge in [0.25, 0.3) is 0 Å². The van der Waals surface area contributed by atoms with Crippen LogP contribution in [0.15, 0.2) is 78.9 Å². The molecule has 0 radical (unpaired) electrons. The Morgan fingerprint density at radius 3 is 2.59 bits per heavy atom. The number of nitrogens with zero attached hydrogens (tertiary/aromatic N) is 2. The first-order valence-electron chi connectivity index (χ1n) is 9.89. The van der Waals surface area contributed by atoms with Gasteiger partial charge < -0.3 is 10.1 Å². The van der Waals surface area contributed by atoms with E-state index in [-0.39, 0.29) is 6.17 Å². The van der Waals surface area contributed by atoms with Gasteiger partial charge in [-0.25, -0.2) is 4.68 Å². The Kier molecular flexibility index (Phi) is 4.32. The lowest BCUT2D eigenvalue weighted by Crippen LogP contribution is -2.26. The summed E-state index contributed by atoms with van der Waals surface area (Å²) in [4.78, 5) is 0. The van der Waals surface area contributed by atoms with Crippen molar-refractivity contribution in [3.05, 3.63) is 101 Å². The largest absolute Gasteiger partial charge is 0.488 e. The summed E-state index contributed by atoms with van der Waals surface area (Å²) in [6, 6.07) is 27.0. The average molecular weight is 381 g/mol. The number of para-hydroxylation sites is 2. The number of aryl methyl sites for hydroxylation is 2. The summed E-state index contributed by atoms with van der Waals surface area (Å²) in [6.07, 6.45) is -0.126. The van der Waals surface area contributed by atoms with Crippen molar-refractivity contribution in [3.63, 3.8) is 0 Å². The van der Waals surface area contributed by atoms with Crippen molar-refractivity contribution in [3.8, 4) is 17.0 Å². The van der Waals surface area contributed by atoms with E-state index in [1.165, 1.54) is 11.1 Å². The van der Waals surface area contributed by atoms with Crippen molar-refractivity contribution >= 4 is 5.69 Å². The maximum absolute atomic E-state index is 6.24. The second-order valence-electron chi connectivity index (χ2n) is 7.47. The fourth-order valence-corrected chi connectivity index (χ4v) is 3.97. The molecule has 0 fully saturated rings. The number of aromatic nitrogens is 2. The van der Waals surface area contributed by atoms with Gasteiger partial charge in [0.1, 0.15) is 12.4 Å². The van der Waals surface area contributed by atoms with E-state index >= 15 is 0 Å². The zero-order valence-electron chi connectivity index (χ0n) is 16.6. The minimum absolute atomic E-state index is 0.126. The van der Waals surface area contributed by atoms with Crippen LogP contribution in [-0.2, 0) is 6.61 Å². The molecule has 2 heterocycles.